The minimum absolute atomic E-state index is 0.000581. The van der Waals surface area contributed by atoms with Gasteiger partial charge in [0.2, 0.25) is 0 Å². The summed E-state index contributed by atoms with van der Waals surface area (Å²) in [4.78, 5) is 28.4. The van der Waals surface area contributed by atoms with Crippen molar-refractivity contribution in [1.29, 1.82) is 0 Å². The van der Waals surface area contributed by atoms with Crippen LogP contribution in [-0.2, 0) is 30.7 Å². The monoisotopic (exact) mass is 434 g/mol. The Labute approximate surface area is 171 Å². The SMILES string of the molecule is COC(=O)Cn1c(=NC(=O)CS(=O)(=O)c2ccc(OC)cc2)sc2ccccc21. The predicted octanol–water partition coefficient (Wildman–Crippen LogP) is 1.79. The van der Waals surface area contributed by atoms with E-state index in [1.807, 2.05) is 12.1 Å². The second-order valence-electron chi connectivity index (χ2n) is 5.95. The molecule has 0 N–H and O–H groups in total. The van der Waals surface area contributed by atoms with E-state index in [1.165, 1.54) is 54.4 Å². The first kappa shape index (κ1) is 20.7. The van der Waals surface area contributed by atoms with Gasteiger partial charge in [-0.1, -0.05) is 23.5 Å². The molecule has 0 aliphatic carbocycles. The van der Waals surface area contributed by atoms with Gasteiger partial charge in [0.05, 0.1) is 29.3 Å². The summed E-state index contributed by atoms with van der Waals surface area (Å²) in [6.07, 6.45) is 0. The van der Waals surface area contributed by atoms with Crippen LogP contribution in [0.25, 0.3) is 10.2 Å². The van der Waals surface area contributed by atoms with Gasteiger partial charge in [-0.15, -0.1) is 0 Å². The molecule has 152 valence electrons. The van der Waals surface area contributed by atoms with Crippen LogP contribution in [-0.4, -0.2) is 44.8 Å². The molecule has 1 heterocycles. The normalized spacial score (nSPS) is 12.1. The highest BCUT2D eigenvalue weighted by molar-refractivity contribution is 7.92. The van der Waals surface area contributed by atoms with Crippen LogP contribution in [0.2, 0.25) is 0 Å². The van der Waals surface area contributed by atoms with Crippen molar-refractivity contribution in [2.24, 2.45) is 4.99 Å². The van der Waals surface area contributed by atoms with Crippen LogP contribution in [0.5, 0.6) is 5.75 Å². The molecular formula is C19H18N2O6S2. The third-order valence-electron chi connectivity index (χ3n) is 4.06. The number of fused-ring (bicyclic) bond motifs is 1. The molecule has 3 rings (SSSR count). The lowest BCUT2D eigenvalue weighted by atomic mass is 10.3. The largest absolute Gasteiger partial charge is 0.497 e. The molecular weight excluding hydrogens is 416 g/mol. The van der Waals surface area contributed by atoms with Gasteiger partial charge in [-0.3, -0.25) is 9.59 Å². The van der Waals surface area contributed by atoms with Gasteiger partial charge in [-0.05, 0) is 36.4 Å². The van der Waals surface area contributed by atoms with E-state index < -0.39 is 27.5 Å². The van der Waals surface area contributed by atoms with Crippen LogP contribution in [0, 0.1) is 0 Å². The van der Waals surface area contributed by atoms with Gasteiger partial charge in [0.1, 0.15) is 18.0 Å². The molecule has 0 aliphatic rings. The number of esters is 1. The Morgan fingerprint density at radius 1 is 1.07 bits per heavy atom. The van der Waals surface area contributed by atoms with Crippen molar-refractivity contribution < 1.29 is 27.5 Å². The van der Waals surface area contributed by atoms with E-state index in [4.69, 9.17) is 9.47 Å². The highest BCUT2D eigenvalue weighted by Gasteiger charge is 2.20. The third-order valence-corrected chi connectivity index (χ3v) is 6.73. The smallest absolute Gasteiger partial charge is 0.325 e. The molecule has 0 aliphatic heterocycles. The zero-order chi connectivity index (χ0) is 21.0. The Balaban J connectivity index is 1.94. The molecule has 0 bridgehead atoms. The number of hydrogen-bond acceptors (Lipinski definition) is 7. The van der Waals surface area contributed by atoms with Gasteiger partial charge in [-0.25, -0.2) is 8.42 Å². The van der Waals surface area contributed by atoms with E-state index in [9.17, 15) is 18.0 Å². The fourth-order valence-electron chi connectivity index (χ4n) is 2.62. The summed E-state index contributed by atoms with van der Waals surface area (Å²) in [5, 5.41) is 0. The predicted molar refractivity (Wildman–Crippen MR) is 107 cm³/mol. The van der Waals surface area contributed by atoms with Crippen molar-refractivity contribution in [3.05, 3.63) is 53.3 Å². The van der Waals surface area contributed by atoms with E-state index in [1.54, 1.807) is 12.1 Å². The molecule has 1 aromatic heterocycles. The zero-order valence-electron chi connectivity index (χ0n) is 15.7. The van der Waals surface area contributed by atoms with E-state index >= 15 is 0 Å². The summed E-state index contributed by atoms with van der Waals surface area (Å²) in [5.74, 6) is -1.61. The lowest BCUT2D eigenvalue weighted by Gasteiger charge is -2.04. The Morgan fingerprint density at radius 3 is 2.41 bits per heavy atom. The maximum Gasteiger partial charge on any atom is 0.325 e. The van der Waals surface area contributed by atoms with Crippen LogP contribution in [0.1, 0.15) is 0 Å². The number of nitrogens with zero attached hydrogens (tertiary/aromatic N) is 2. The molecule has 0 unspecified atom stereocenters. The lowest BCUT2D eigenvalue weighted by Crippen LogP contribution is -2.24. The number of aromatic nitrogens is 1. The van der Waals surface area contributed by atoms with Crippen molar-refractivity contribution >= 4 is 43.3 Å². The topological polar surface area (TPSA) is 104 Å². The van der Waals surface area contributed by atoms with Crippen LogP contribution in [0.15, 0.2) is 58.4 Å². The number of sulfone groups is 1. The lowest BCUT2D eigenvalue weighted by molar-refractivity contribution is -0.141. The summed E-state index contributed by atoms with van der Waals surface area (Å²) in [6, 6.07) is 13.0. The van der Waals surface area contributed by atoms with E-state index in [2.05, 4.69) is 4.99 Å². The maximum absolute atomic E-state index is 12.5. The molecule has 0 radical (unpaired) electrons. The van der Waals surface area contributed by atoms with Crippen LogP contribution in [0.4, 0.5) is 0 Å². The van der Waals surface area contributed by atoms with Crippen molar-refractivity contribution in [1.82, 2.24) is 4.57 Å². The molecule has 10 heteroatoms. The molecule has 3 aromatic rings. The summed E-state index contributed by atoms with van der Waals surface area (Å²) < 4.78 is 37.1. The van der Waals surface area contributed by atoms with Crippen molar-refractivity contribution in [2.45, 2.75) is 11.4 Å². The summed E-state index contributed by atoms with van der Waals surface area (Å²) >= 11 is 1.19. The fraction of sp³-hybridized carbons (Fsp3) is 0.211. The Kier molecular flexibility index (Phi) is 6.14. The van der Waals surface area contributed by atoms with Crippen LogP contribution < -0.4 is 9.54 Å². The van der Waals surface area contributed by atoms with Crippen molar-refractivity contribution in [3.8, 4) is 5.75 Å². The minimum Gasteiger partial charge on any atom is -0.497 e. The third kappa shape index (κ3) is 4.72. The van der Waals surface area contributed by atoms with Gasteiger partial charge in [0.25, 0.3) is 5.91 Å². The number of carbonyl (C=O) groups excluding carboxylic acids is 2. The van der Waals surface area contributed by atoms with Crippen LogP contribution in [0.3, 0.4) is 0 Å². The average Bonchev–Trinajstić information content (AvgIpc) is 3.04. The Bertz CT molecular complexity index is 1220. The highest BCUT2D eigenvalue weighted by Crippen LogP contribution is 2.18. The first-order valence-electron chi connectivity index (χ1n) is 8.43. The molecule has 2 aromatic carbocycles. The minimum atomic E-state index is -3.87. The number of methoxy groups -OCH3 is 2. The average molecular weight is 434 g/mol. The zero-order valence-corrected chi connectivity index (χ0v) is 17.3. The molecule has 1 amide bonds. The van der Waals surface area contributed by atoms with E-state index in [-0.39, 0.29) is 16.2 Å². The number of rotatable bonds is 6. The molecule has 0 fully saturated rings. The molecule has 0 saturated carbocycles. The molecule has 29 heavy (non-hydrogen) atoms. The number of hydrogen-bond donors (Lipinski definition) is 0. The van der Waals surface area contributed by atoms with E-state index in [0.717, 1.165) is 4.70 Å². The number of amides is 1. The summed E-state index contributed by atoms with van der Waals surface area (Å²) in [5.41, 5.74) is 0.701. The first-order chi connectivity index (χ1) is 13.8. The van der Waals surface area contributed by atoms with Crippen molar-refractivity contribution in [2.75, 3.05) is 20.0 Å². The van der Waals surface area contributed by atoms with Crippen LogP contribution >= 0.6 is 11.3 Å². The highest BCUT2D eigenvalue weighted by atomic mass is 32.2. The Hall–Kier alpha value is -2.98. The van der Waals surface area contributed by atoms with Gasteiger partial charge in [0.15, 0.2) is 14.6 Å². The van der Waals surface area contributed by atoms with Gasteiger partial charge < -0.3 is 14.0 Å². The molecule has 8 nitrogen and oxygen atoms in total. The number of benzene rings is 2. The van der Waals surface area contributed by atoms with Crippen molar-refractivity contribution in [3.63, 3.8) is 0 Å². The first-order valence-corrected chi connectivity index (χ1v) is 10.9. The number of para-hydroxylation sites is 1. The molecule has 0 spiro atoms. The quantitative estimate of drug-likeness (QED) is 0.548. The number of thiazole rings is 1. The maximum atomic E-state index is 12.5. The van der Waals surface area contributed by atoms with Gasteiger partial charge in [-0.2, -0.15) is 4.99 Å². The van der Waals surface area contributed by atoms with Gasteiger partial charge in [0, 0.05) is 0 Å². The number of ether oxygens (including phenoxy) is 2. The molecule has 0 saturated heterocycles. The standard InChI is InChI=1S/C19H18N2O6S2/c1-26-13-7-9-14(10-8-13)29(24,25)12-17(22)20-19-21(11-18(23)27-2)15-5-3-4-6-16(15)28-19/h3-10H,11-12H2,1-2H3. The summed E-state index contributed by atoms with van der Waals surface area (Å²) in [6.45, 7) is -0.141. The number of carbonyl (C=O) groups is 2. The Morgan fingerprint density at radius 2 is 1.76 bits per heavy atom. The fourth-order valence-corrected chi connectivity index (χ4v) is 4.77. The second-order valence-corrected chi connectivity index (χ2v) is 8.95. The van der Waals surface area contributed by atoms with Gasteiger partial charge >= 0.3 is 5.97 Å². The van der Waals surface area contributed by atoms with E-state index in [0.29, 0.717) is 11.3 Å². The summed E-state index contributed by atoms with van der Waals surface area (Å²) in [7, 11) is -1.13. The molecule has 0 atom stereocenters. The second kappa shape index (κ2) is 8.58.